The van der Waals surface area contributed by atoms with Gasteiger partial charge < -0.3 is 52.4 Å². The zero-order valence-corrected chi connectivity index (χ0v) is 27.7. The summed E-state index contributed by atoms with van der Waals surface area (Å²) in [5.41, 5.74) is 5.56. The largest absolute Gasteiger partial charge is 0.481 e. The molecule has 0 aliphatic heterocycles. The molecule has 5 amide bonds. The second-order valence-corrected chi connectivity index (χ2v) is 11.4. The number of aliphatic hydroxyl groups excluding tert-OH is 2. The lowest BCUT2D eigenvalue weighted by Crippen LogP contribution is -2.61. The number of carbonyl (C=O) groups excluding carboxylic acids is 6. The summed E-state index contributed by atoms with van der Waals surface area (Å²) in [4.78, 5) is 87.3. The molecule has 0 radical (unpaired) electrons. The van der Waals surface area contributed by atoms with E-state index in [1.54, 1.807) is 6.92 Å². The van der Waals surface area contributed by atoms with Gasteiger partial charge in [-0.3, -0.25) is 28.8 Å². The van der Waals surface area contributed by atoms with Gasteiger partial charge in [0.1, 0.15) is 24.2 Å². The number of ether oxygens (including phenoxy) is 1. The summed E-state index contributed by atoms with van der Waals surface area (Å²) in [5.74, 6) is -5.90. The van der Waals surface area contributed by atoms with Crippen LogP contribution in [-0.4, -0.2) is 113 Å². The second-order valence-electron chi connectivity index (χ2n) is 11.4. The molecule has 0 saturated carbocycles. The Balaban J connectivity index is 5.99. The zero-order chi connectivity index (χ0) is 36.1. The average molecular weight is 673 g/mol. The summed E-state index contributed by atoms with van der Waals surface area (Å²) in [6.07, 6.45) is 1.06. The normalized spacial score (nSPS) is 15.0. The molecule has 47 heavy (non-hydrogen) atoms. The van der Waals surface area contributed by atoms with Crippen molar-refractivity contribution in [3.8, 4) is 0 Å². The van der Waals surface area contributed by atoms with Gasteiger partial charge in [0.05, 0.1) is 25.4 Å². The van der Waals surface area contributed by atoms with E-state index in [4.69, 9.17) is 10.5 Å². The first-order valence-electron chi connectivity index (χ1n) is 15.6. The Hall–Kier alpha value is -4.09. The first-order valence-corrected chi connectivity index (χ1v) is 15.6. The number of amides is 5. The van der Waals surface area contributed by atoms with Crippen molar-refractivity contribution in [2.24, 2.45) is 11.7 Å². The van der Waals surface area contributed by atoms with E-state index < -0.39 is 90.8 Å². The first-order chi connectivity index (χ1) is 22.1. The van der Waals surface area contributed by atoms with Gasteiger partial charge >= 0.3 is 11.9 Å². The van der Waals surface area contributed by atoms with Gasteiger partial charge in [0, 0.05) is 19.4 Å². The molecule has 0 aromatic heterocycles. The van der Waals surface area contributed by atoms with Gasteiger partial charge in [0.2, 0.25) is 29.5 Å². The minimum atomic E-state index is -1.64. The molecule has 0 aliphatic rings. The molecule has 17 nitrogen and oxygen atoms in total. The van der Waals surface area contributed by atoms with E-state index in [0.29, 0.717) is 19.4 Å². The third-order valence-electron chi connectivity index (χ3n) is 6.60. The van der Waals surface area contributed by atoms with Crippen molar-refractivity contribution in [2.45, 2.75) is 109 Å². The van der Waals surface area contributed by atoms with Crippen LogP contribution in [0, 0.1) is 5.92 Å². The third-order valence-corrected chi connectivity index (χ3v) is 6.60. The van der Waals surface area contributed by atoms with Gasteiger partial charge in [-0.2, -0.15) is 0 Å². The number of carboxylic acid groups (broad SMARTS) is 1. The maximum Gasteiger partial charge on any atom is 0.330 e. The predicted molar refractivity (Wildman–Crippen MR) is 169 cm³/mol. The van der Waals surface area contributed by atoms with Gasteiger partial charge in [-0.1, -0.05) is 19.9 Å². The van der Waals surface area contributed by atoms with E-state index in [1.165, 1.54) is 19.9 Å². The van der Waals surface area contributed by atoms with Crippen LogP contribution in [-0.2, 0) is 38.3 Å². The summed E-state index contributed by atoms with van der Waals surface area (Å²) >= 11 is 0. The van der Waals surface area contributed by atoms with Gasteiger partial charge in [-0.15, -0.1) is 0 Å². The quantitative estimate of drug-likeness (QED) is 0.0323. The number of hydrogen-bond acceptors (Lipinski definition) is 11. The molecule has 10 N–H and O–H groups in total. The fraction of sp³-hybridized carbons (Fsp3) is 0.700. The van der Waals surface area contributed by atoms with Crippen LogP contribution in [0.1, 0.15) is 73.1 Å². The highest BCUT2D eigenvalue weighted by Gasteiger charge is 2.33. The molecule has 17 heteroatoms. The molecule has 6 atom stereocenters. The Bertz CT molecular complexity index is 1080. The van der Waals surface area contributed by atoms with Crippen molar-refractivity contribution in [1.29, 1.82) is 0 Å². The van der Waals surface area contributed by atoms with Crippen molar-refractivity contribution in [3.63, 3.8) is 0 Å². The fourth-order valence-electron chi connectivity index (χ4n) is 4.26. The van der Waals surface area contributed by atoms with Crippen LogP contribution in [0.4, 0.5) is 0 Å². The maximum absolute atomic E-state index is 13.3. The predicted octanol–water partition coefficient (Wildman–Crippen LogP) is -2.04. The average Bonchev–Trinajstić information content (AvgIpc) is 2.98. The highest BCUT2D eigenvalue weighted by Crippen LogP contribution is 2.09. The Morgan fingerprint density at radius 1 is 0.809 bits per heavy atom. The smallest absolute Gasteiger partial charge is 0.330 e. The molecule has 0 aromatic carbocycles. The molecule has 0 fully saturated rings. The van der Waals surface area contributed by atoms with Crippen LogP contribution in [0.3, 0.4) is 0 Å². The molecule has 0 aliphatic carbocycles. The van der Waals surface area contributed by atoms with Gasteiger partial charge in [0.15, 0.2) is 0 Å². The van der Waals surface area contributed by atoms with Crippen molar-refractivity contribution in [1.82, 2.24) is 26.6 Å². The number of nitrogens with two attached hydrogens (primary N) is 1. The van der Waals surface area contributed by atoms with Crippen molar-refractivity contribution in [3.05, 3.63) is 12.2 Å². The van der Waals surface area contributed by atoms with Crippen molar-refractivity contribution in [2.75, 3.05) is 19.8 Å². The second kappa shape index (κ2) is 23.3. The number of aliphatic carboxylic acids is 1. The summed E-state index contributed by atoms with van der Waals surface area (Å²) in [5, 5.41) is 41.5. The van der Waals surface area contributed by atoms with Gasteiger partial charge in [-0.05, 0) is 58.4 Å². The number of hydrogen-bond donors (Lipinski definition) is 9. The van der Waals surface area contributed by atoms with Crippen LogP contribution in [0.2, 0.25) is 0 Å². The lowest BCUT2D eigenvalue weighted by atomic mass is 10.0. The van der Waals surface area contributed by atoms with Gasteiger partial charge in [0.25, 0.3) is 0 Å². The van der Waals surface area contributed by atoms with E-state index in [2.05, 4.69) is 26.6 Å². The highest BCUT2D eigenvalue weighted by molar-refractivity contribution is 5.96. The SMILES string of the molecule is CCOC(=O)/C=C/[C@H](CO)NC(=O)[C@H](CCCCN)NC(=O)[C@@H](NC(=O)[C@H](CCC(=O)O)NC(=O)[C@H](CC(C)C)NC(C)=O)[C@@H](C)O. The lowest BCUT2D eigenvalue weighted by molar-refractivity contribution is -0.139. The molecule has 0 spiro atoms. The highest BCUT2D eigenvalue weighted by atomic mass is 16.5. The summed E-state index contributed by atoms with van der Waals surface area (Å²) in [6.45, 7) is 7.51. The Kier molecular flexibility index (Phi) is 21.2. The third kappa shape index (κ3) is 18.6. The standard InChI is InChI=1S/C30H52N6O11/c1-6-47-25(42)13-10-20(16-37)33-27(43)21(9-7-8-14-31)35-30(46)26(18(4)38)36-28(44)22(11-12-24(40)41)34-29(45)23(15-17(2)3)32-19(5)39/h10,13,17-18,20-23,26,37-38H,6-9,11-12,14-16,31H2,1-5H3,(H,32,39)(H,33,43)(H,34,45)(H,35,46)(H,36,44)(H,40,41)/b13-10+/t18-,20-,21+,22+,23+,26+/m1/s1. The number of carbonyl (C=O) groups is 7. The molecule has 0 aromatic rings. The molecule has 0 saturated heterocycles. The van der Waals surface area contributed by atoms with Gasteiger partial charge in [-0.25, -0.2) is 4.79 Å². The Morgan fingerprint density at radius 3 is 1.89 bits per heavy atom. The summed E-state index contributed by atoms with van der Waals surface area (Å²) in [7, 11) is 0. The summed E-state index contributed by atoms with van der Waals surface area (Å²) < 4.78 is 4.78. The monoisotopic (exact) mass is 672 g/mol. The number of esters is 1. The number of carboxylic acids is 1. The molecule has 0 heterocycles. The molecule has 0 rings (SSSR count). The molecule has 0 bridgehead atoms. The molecule has 0 unspecified atom stereocenters. The lowest BCUT2D eigenvalue weighted by Gasteiger charge is -2.28. The zero-order valence-electron chi connectivity index (χ0n) is 27.7. The minimum absolute atomic E-state index is 0.0246. The molecular formula is C30H52N6O11. The number of unbranched alkanes of at least 4 members (excludes halogenated alkanes) is 1. The van der Waals surface area contributed by atoms with Crippen molar-refractivity contribution < 1.29 is 53.6 Å². The van der Waals surface area contributed by atoms with E-state index in [-0.39, 0.29) is 31.8 Å². The number of aliphatic hydroxyl groups is 2. The summed E-state index contributed by atoms with van der Waals surface area (Å²) in [6, 6.07) is -6.35. The van der Waals surface area contributed by atoms with Crippen molar-refractivity contribution >= 4 is 41.5 Å². The van der Waals surface area contributed by atoms with Crippen LogP contribution >= 0.6 is 0 Å². The molecule has 268 valence electrons. The van der Waals surface area contributed by atoms with Crippen LogP contribution in [0.15, 0.2) is 12.2 Å². The molecular weight excluding hydrogens is 620 g/mol. The number of nitrogens with one attached hydrogen (secondary N) is 5. The van der Waals surface area contributed by atoms with E-state index in [0.717, 1.165) is 6.08 Å². The van der Waals surface area contributed by atoms with E-state index in [9.17, 15) is 48.9 Å². The Morgan fingerprint density at radius 2 is 1.38 bits per heavy atom. The Labute approximate surface area is 274 Å². The van der Waals surface area contributed by atoms with Crippen LogP contribution in [0.5, 0.6) is 0 Å². The maximum atomic E-state index is 13.3. The van der Waals surface area contributed by atoms with Crippen LogP contribution in [0.25, 0.3) is 0 Å². The topological polar surface area (TPSA) is 276 Å². The first kappa shape index (κ1) is 42.9. The van der Waals surface area contributed by atoms with E-state index in [1.807, 2.05) is 13.8 Å². The fourth-order valence-corrected chi connectivity index (χ4v) is 4.26. The number of rotatable bonds is 23. The van der Waals surface area contributed by atoms with Crippen LogP contribution < -0.4 is 32.3 Å². The van der Waals surface area contributed by atoms with E-state index >= 15 is 0 Å². The minimum Gasteiger partial charge on any atom is -0.481 e.